The summed E-state index contributed by atoms with van der Waals surface area (Å²) in [6.45, 7) is -2.78. The van der Waals surface area contributed by atoms with Gasteiger partial charge in [0, 0.05) is 36.8 Å². The van der Waals surface area contributed by atoms with Gasteiger partial charge in [-0.1, -0.05) is 35.5 Å². The Bertz CT molecular complexity index is 630. The monoisotopic (exact) mass is 382 g/mol. The van der Waals surface area contributed by atoms with E-state index in [9.17, 15) is 0 Å². The molecule has 0 unspecified atom stereocenters. The maximum atomic E-state index is 5.85. The lowest BCUT2D eigenvalue weighted by atomic mass is 10.2. The van der Waals surface area contributed by atoms with Crippen LogP contribution in [0.5, 0.6) is 6.01 Å². The van der Waals surface area contributed by atoms with E-state index in [4.69, 9.17) is 37.0 Å². The van der Waals surface area contributed by atoms with Crippen molar-refractivity contribution < 1.29 is 13.6 Å². The molecule has 1 aromatic heterocycles. The fourth-order valence-corrected chi connectivity index (χ4v) is 3.71. The predicted molar refractivity (Wildman–Crippen MR) is 89.9 cm³/mol. The highest BCUT2D eigenvalue weighted by Crippen LogP contribution is 2.47. The second-order valence-electron chi connectivity index (χ2n) is 3.66. The van der Waals surface area contributed by atoms with Gasteiger partial charge >= 0.3 is 12.7 Å². The summed E-state index contributed by atoms with van der Waals surface area (Å²) >= 11 is 13.8. The first-order chi connectivity index (χ1) is 10.0. The summed E-state index contributed by atoms with van der Waals surface area (Å²) in [6, 6.07) is 7.86. The Balaban J connectivity index is 1.94. The molecule has 10 heteroatoms. The van der Waals surface area contributed by atoms with E-state index in [1.165, 1.54) is 25.8 Å². The fraction of sp³-hybridized carbons (Fsp3) is 0.273. The highest BCUT2D eigenvalue weighted by Gasteiger charge is 2.21. The summed E-state index contributed by atoms with van der Waals surface area (Å²) in [6.07, 6.45) is 0. The third-order valence-electron chi connectivity index (χ3n) is 2.30. The van der Waals surface area contributed by atoms with Crippen LogP contribution >= 0.6 is 41.6 Å². The van der Waals surface area contributed by atoms with E-state index in [0.717, 1.165) is 20.7 Å². The van der Waals surface area contributed by atoms with Crippen LogP contribution in [0, 0.1) is 0 Å². The molecule has 0 aliphatic carbocycles. The fourth-order valence-electron chi connectivity index (χ4n) is 1.27. The molecule has 0 N–H and O–H groups in total. The molecule has 2 rings (SSSR count). The van der Waals surface area contributed by atoms with Crippen molar-refractivity contribution in [3.05, 3.63) is 34.9 Å². The van der Waals surface area contributed by atoms with Crippen LogP contribution in [0.15, 0.2) is 28.6 Å². The number of hydrogen-bond donors (Lipinski definition) is 0. The van der Waals surface area contributed by atoms with Crippen molar-refractivity contribution >= 4 is 53.4 Å². The first-order valence-electron chi connectivity index (χ1n) is 5.67. The molecule has 0 atom stereocenters. The van der Waals surface area contributed by atoms with E-state index < -0.39 is 6.72 Å². The predicted octanol–water partition coefficient (Wildman–Crippen LogP) is 4.38. The highest BCUT2D eigenvalue weighted by atomic mass is 35.5. The minimum absolute atomic E-state index is 0.186. The molecule has 0 aliphatic rings. The molecular weight excluding hydrogens is 371 g/mol. The number of benzene rings is 1. The van der Waals surface area contributed by atoms with E-state index in [0.29, 0.717) is 0 Å². The van der Waals surface area contributed by atoms with Crippen LogP contribution in [0.2, 0.25) is 5.02 Å². The van der Waals surface area contributed by atoms with Crippen molar-refractivity contribution in [1.82, 2.24) is 9.36 Å². The summed E-state index contributed by atoms with van der Waals surface area (Å²) in [4.78, 5) is 4.25. The Morgan fingerprint density at radius 2 is 1.95 bits per heavy atom. The Labute approximate surface area is 141 Å². The molecule has 1 aromatic carbocycles. The minimum atomic E-state index is -2.78. The third kappa shape index (κ3) is 5.17. The highest BCUT2D eigenvalue weighted by molar-refractivity contribution is 8.07. The number of rotatable bonds is 7. The Morgan fingerprint density at radius 3 is 2.57 bits per heavy atom. The Morgan fingerprint density at radius 1 is 1.29 bits per heavy atom. The van der Waals surface area contributed by atoms with Crippen molar-refractivity contribution in [2.75, 3.05) is 14.2 Å². The van der Waals surface area contributed by atoms with Gasteiger partial charge in [-0.05, 0) is 29.2 Å². The van der Waals surface area contributed by atoms with Crippen LogP contribution < -0.4 is 4.52 Å². The topological polar surface area (TPSA) is 53.5 Å². The summed E-state index contributed by atoms with van der Waals surface area (Å²) in [5.74, 6) is 0.772. The quantitative estimate of drug-likeness (QED) is 0.520. The zero-order valence-electron chi connectivity index (χ0n) is 11.2. The van der Waals surface area contributed by atoms with Gasteiger partial charge in [0.05, 0.1) is 0 Å². The lowest BCUT2D eigenvalue weighted by molar-refractivity contribution is 0.268. The van der Waals surface area contributed by atoms with Crippen molar-refractivity contribution in [1.29, 1.82) is 0 Å². The van der Waals surface area contributed by atoms with Gasteiger partial charge in [0.2, 0.25) is 0 Å². The molecular formula is C11H12ClN2O3PS3. The van der Waals surface area contributed by atoms with Gasteiger partial charge in [-0.15, -0.1) is 4.37 Å². The van der Waals surface area contributed by atoms with Crippen LogP contribution in [0.4, 0.5) is 0 Å². The normalized spacial score (nSPS) is 11.6. The lowest BCUT2D eigenvalue weighted by Crippen LogP contribution is -1.97. The van der Waals surface area contributed by atoms with E-state index in [1.807, 2.05) is 24.3 Å². The number of aromatic nitrogens is 2. The smallest absolute Gasteiger partial charge is 0.382 e. The van der Waals surface area contributed by atoms with Crippen molar-refractivity contribution in [2.24, 2.45) is 0 Å². The third-order valence-corrected chi connectivity index (χ3v) is 6.84. The minimum Gasteiger partial charge on any atom is -0.388 e. The van der Waals surface area contributed by atoms with Gasteiger partial charge in [0.1, 0.15) is 0 Å². The van der Waals surface area contributed by atoms with Gasteiger partial charge < -0.3 is 13.6 Å². The van der Waals surface area contributed by atoms with E-state index in [-0.39, 0.29) is 6.01 Å². The van der Waals surface area contributed by atoms with Crippen molar-refractivity contribution in [3.63, 3.8) is 0 Å². The molecule has 21 heavy (non-hydrogen) atoms. The van der Waals surface area contributed by atoms with Crippen molar-refractivity contribution in [2.45, 2.75) is 10.1 Å². The Kier molecular flexibility index (Phi) is 6.43. The molecule has 0 aliphatic heterocycles. The van der Waals surface area contributed by atoms with Gasteiger partial charge in [0.15, 0.2) is 4.34 Å². The zero-order chi connectivity index (χ0) is 15.3. The van der Waals surface area contributed by atoms with Crippen LogP contribution in [-0.2, 0) is 26.6 Å². The molecule has 5 nitrogen and oxygen atoms in total. The summed E-state index contributed by atoms with van der Waals surface area (Å²) in [5.41, 5.74) is 1.15. The molecule has 114 valence electrons. The molecule has 0 spiro atoms. The number of thioether (sulfide) groups is 1. The van der Waals surface area contributed by atoms with E-state index in [2.05, 4.69) is 9.36 Å². The van der Waals surface area contributed by atoms with E-state index in [1.54, 1.807) is 11.8 Å². The average Bonchev–Trinajstić information content (AvgIpc) is 2.94. The number of nitrogens with zero attached hydrogens (tertiary/aromatic N) is 2. The molecule has 1 heterocycles. The van der Waals surface area contributed by atoms with Crippen LogP contribution in [-0.4, -0.2) is 23.6 Å². The second kappa shape index (κ2) is 7.87. The van der Waals surface area contributed by atoms with E-state index >= 15 is 0 Å². The maximum absolute atomic E-state index is 5.85. The van der Waals surface area contributed by atoms with Crippen LogP contribution in [0.3, 0.4) is 0 Å². The standard InChI is InChI=1S/C11H12ClN2O3PS3/c1-15-18(19,16-2)17-10-13-11(21-14-10)20-7-8-3-5-9(12)6-4-8/h3-6H,7H2,1-2H3. The Hall–Kier alpha value is -0.210. The van der Waals surface area contributed by atoms with Gasteiger partial charge in [-0.3, -0.25) is 0 Å². The van der Waals surface area contributed by atoms with Gasteiger partial charge in [-0.2, -0.15) is 4.98 Å². The maximum Gasteiger partial charge on any atom is 0.382 e. The van der Waals surface area contributed by atoms with Gasteiger partial charge in [-0.25, -0.2) is 0 Å². The second-order valence-corrected chi connectivity index (χ2v) is 9.22. The molecule has 2 aromatic rings. The molecule has 0 amide bonds. The number of halogens is 1. The lowest BCUT2D eigenvalue weighted by Gasteiger charge is -2.14. The first-order valence-corrected chi connectivity index (χ1v) is 10.4. The van der Waals surface area contributed by atoms with Crippen LogP contribution in [0.25, 0.3) is 0 Å². The average molecular weight is 383 g/mol. The first kappa shape index (κ1) is 17.1. The molecule has 0 radical (unpaired) electrons. The largest absolute Gasteiger partial charge is 0.388 e. The molecule has 0 saturated heterocycles. The molecule has 0 fully saturated rings. The zero-order valence-corrected chi connectivity index (χ0v) is 15.3. The summed E-state index contributed by atoms with van der Waals surface area (Å²) in [7, 11) is 2.87. The van der Waals surface area contributed by atoms with Gasteiger partial charge in [0.25, 0.3) is 0 Å². The van der Waals surface area contributed by atoms with Crippen molar-refractivity contribution in [3.8, 4) is 6.01 Å². The molecule has 0 saturated carbocycles. The van der Waals surface area contributed by atoms with Crippen LogP contribution in [0.1, 0.15) is 5.56 Å². The summed E-state index contributed by atoms with van der Waals surface area (Å²) in [5, 5.41) is 0.722. The number of hydrogen-bond acceptors (Lipinski definition) is 8. The SMILES string of the molecule is COP(=S)(OC)Oc1nsc(SCc2ccc(Cl)cc2)n1. The summed E-state index contributed by atoms with van der Waals surface area (Å²) < 4.78 is 20.3. The molecule has 0 bridgehead atoms.